The molecule has 0 radical (unpaired) electrons. The number of aromatic nitrogens is 2. The van der Waals surface area contributed by atoms with Crippen molar-refractivity contribution in [1.82, 2.24) is 9.78 Å². The van der Waals surface area contributed by atoms with Crippen LogP contribution in [0.4, 0.5) is 8.78 Å². The lowest BCUT2D eigenvalue weighted by molar-refractivity contribution is -0.0501. The third-order valence-corrected chi connectivity index (χ3v) is 2.93. The van der Waals surface area contributed by atoms with Gasteiger partial charge in [-0.3, -0.25) is 9.48 Å². The summed E-state index contributed by atoms with van der Waals surface area (Å²) in [6.07, 6.45) is 2.36. The molecular weight excluding hydrogens is 266 g/mol. The number of hydrogen-bond acceptors (Lipinski definition) is 3. The number of hydrogen-bond donors (Lipinski definition) is 0. The second kappa shape index (κ2) is 6.27. The number of para-hydroxylation sites is 1. The van der Waals surface area contributed by atoms with Crippen LogP contribution in [0, 0.1) is 0 Å². The Morgan fingerprint density at radius 3 is 2.75 bits per heavy atom. The van der Waals surface area contributed by atoms with Crippen molar-refractivity contribution in [3.8, 4) is 5.75 Å². The van der Waals surface area contributed by atoms with Gasteiger partial charge < -0.3 is 4.74 Å². The number of ether oxygens (including phenoxy) is 1. The number of nitrogens with zero attached hydrogens (tertiary/aromatic N) is 2. The normalized spacial score (nSPS) is 10.8. The zero-order chi connectivity index (χ0) is 14.5. The lowest BCUT2D eigenvalue weighted by atomic mass is 10.0. The molecule has 2 rings (SSSR count). The monoisotopic (exact) mass is 280 g/mol. The number of alkyl halides is 2. The summed E-state index contributed by atoms with van der Waals surface area (Å²) in [5, 5.41) is 4.01. The molecule has 0 saturated heterocycles. The Labute approximate surface area is 115 Å². The minimum Gasteiger partial charge on any atom is -0.434 e. The lowest BCUT2D eigenvalue weighted by Gasteiger charge is -2.09. The number of aryl methyl sites for hydroxylation is 2. The molecule has 0 bridgehead atoms. The van der Waals surface area contributed by atoms with Crippen LogP contribution >= 0.6 is 0 Å². The molecule has 0 aliphatic rings. The van der Waals surface area contributed by atoms with E-state index in [0.29, 0.717) is 6.42 Å². The van der Waals surface area contributed by atoms with Crippen LogP contribution < -0.4 is 4.74 Å². The van der Waals surface area contributed by atoms with Crippen LogP contribution in [0.15, 0.2) is 36.5 Å². The summed E-state index contributed by atoms with van der Waals surface area (Å²) in [5.41, 5.74) is 1.08. The Bertz CT molecular complexity index is 596. The second-order valence-electron chi connectivity index (χ2n) is 4.24. The molecule has 0 amide bonds. The SMILES string of the molecule is Cn1nccc1CCC(=O)c1ccccc1OC(F)F. The molecule has 0 aliphatic heterocycles. The molecule has 20 heavy (non-hydrogen) atoms. The molecule has 4 nitrogen and oxygen atoms in total. The largest absolute Gasteiger partial charge is 0.434 e. The van der Waals surface area contributed by atoms with Crippen LogP contribution in [-0.2, 0) is 13.5 Å². The smallest absolute Gasteiger partial charge is 0.387 e. The lowest BCUT2D eigenvalue weighted by Crippen LogP contribution is -2.09. The van der Waals surface area contributed by atoms with Crippen LogP contribution in [0.25, 0.3) is 0 Å². The molecule has 1 aromatic carbocycles. The molecule has 0 aliphatic carbocycles. The molecule has 106 valence electrons. The highest BCUT2D eigenvalue weighted by Crippen LogP contribution is 2.22. The molecule has 1 heterocycles. The Balaban J connectivity index is 2.07. The fraction of sp³-hybridized carbons (Fsp3) is 0.286. The predicted octanol–water partition coefficient (Wildman–Crippen LogP) is 2.84. The van der Waals surface area contributed by atoms with Gasteiger partial charge in [0.2, 0.25) is 0 Å². The number of carbonyl (C=O) groups is 1. The van der Waals surface area contributed by atoms with Gasteiger partial charge in [0.1, 0.15) is 5.75 Å². The summed E-state index contributed by atoms with van der Waals surface area (Å²) in [6, 6.07) is 7.84. The summed E-state index contributed by atoms with van der Waals surface area (Å²) < 4.78 is 30.6. The summed E-state index contributed by atoms with van der Waals surface area (Å²) in [6.45, 7) is -2.94. The maximum atomic E-state index is 12.3. The van der Waals surface area contributed by atoms with E-state index in [1.165, 1.54) is 12.1 Å². The van der Waals surface area contributed by atoms with E-state index in [9.17, 15) is 13.6 Å². The van der Waals surface area contributed by atoms with E-state index in [1.54, 1.807) is 30.1 Å². The summed E-state index contributed by atoms with van der Waals surface area (Å²) in [5.74, 6) is -0.319. The third kappa shape index (κ3) is 3.40. The molecule has 6 heteroatoms. The van der Waals surface area contributed by atoms with Crippen molar-refractivity contribution in [3.05, 3.63) is 47.8 Å². The van der Waals surface area contributed by atoms with Crippen molar-refractivity contribution in [2.45, 2.75) is 19.5 Å². The standard InChI is InChI=1S/C14H14F2N2O2/c1-18-10(8-9-17-18)6-7-12(19)11-4-2-3-5-13(11)20-14(15)16/h2-5,8-9,14H,6-7H2,1H3. The van der Waals surface area contributed by atoms with Crippen LogP contribution in [0.3, 0.4) is 0 Å². The maximum Gasteiger partial charge on any atom is 0.387 e. The first-order valence-electron chi connectivity index (χ1n) is 6.12. The summed E-state index contributed by atoms with van der Waals surface area (Å²) >= 11 is 0. The van der Waals surface area contributed by atoms with Crippen LogP contribution in [0.5, 0.6) is 5.75 Å². The van der Waals surface area contributed by atoms with Crippen molar-refractivity contribution >= 4 is 5.78 Å². The zero-order valence-electron chi connectivity index (χ0n) is 10.9. The van der Waals surface area contributed by atoms with Gasteiger partial charge >= 0.3 is 6.61 Å². The number of ketones is 1. The van der Waals surface area contributed by atoms with Gasteiger partial charge in [0.05, 0.1) is 5.56 Å². The summed E-state index contributed by atoms with van der Waals surface area (Å²) in [4.78, 5) is 12.1. The fourth-order valence-corrected chi connectivity index (χ4v) is 1.92. The van der Waals surface area contributed by atoms with Crippen molar-refractivity contribution in [2.75, 3.05) is 0 Å². The highest BCUT2D eigenvalue weighted by Gasteiger charge is 2.15. The number of carbonyl (C=O) groups excluding carboxylic acids is 1. The molecule has 0 spiro atoms. The molecule has 2 aromatic rings. The van der Waals surface area contributed by atoms with E-state index in [1.807, 2.05) is 6.07 Å². The van der Waals surface area contributed by atoms with Gasteiger partial charge in [-0.25, -0.2) is 0 Å². The Kier molecular flexibility index (Phi) is 4.45. The zero-order valence-corrected chi connectivity index (χ0v) is 10.9. The third-order valence-electron chi connectivity index (χ3n) is 2.93. The van der Waals surface area contributed by atoms with Crippen LogP contribution in [-0.4, -0.2) is 22.2 Å². The highest BCUT2D eigenvalue weighted by atomic mass is 19.3. The van der Waals surface area contributed by atoms with Gasteiger partial charge in [-0.15, -0.1) is 0 Å². The molecule has 0 saturated carbocycles. The minimum atomic E-state index is -2.94. The summed E-state index contributed by atoms with van der Waals surface area (Å²) in [7, 11) is 1.79. The molecule has 1 aromatic heterocycles. The minimum absolute atomic E-state index is 0.0856. The van der Waals surface area contributed by atoms with E-state index in [-0.39, 0.29) is 23.5 Å². The van der Waals surface area contributed by atoms with E-state index in [0.717, 1.165) is 5.69 Å². The first-order chi connectivity index (χ1) is 9.58. The second-order valence-corrected chi connectivity index (χ2v) is 4.24. The molecular formula is C14H14F2N2O2. The van der Waals surface area contributed by atoms with Gasteiger partial charge in [-0.1, -0.05) is 12.1 Å². The molecule has 0 fully saturated rings. The first kappa shape index (κ1) is 14.2. The van der Waals surface area contributed by atoms with Crippen molar-refractivity contribution in [2.24, 2.45) is 7.05 Å². The van der Waals surface area contributed by atoms with E-state index in [4.69, 9.17) is 0 Å². The number of halogens is 2. The Morgan fingerprint density at radius 1 is 1.35 bits per heavy atom. The van der Waals surface area contributed by atoms with Gasteiger partial charge in [-0.2, -0.15) is 13.9 Å². The van der Waals surface area contributed by atoms with Crippen molar-refractivity contribution in [1.29, 1.82) is 0 Å². The molecule has 0 atom stereocenters. The maximum absolute atomic E-state index is 12.3. The molecule has 0 N–H and O–H groups in total. The van der Waals surface area contributed by atoms with E-state index < -0.39 is 6.61 Å². The van der Waals surface area contributed by atoms with Gasteiger partial charge in [-0.05, 0) is 24.6 Å². The first-order valence-corrected chi connectivity index (χ1v) is 6.12. The number of benzene rings is 1. The predicted molar refractivity (Wildman–Crippen MR) is 68.9 cm³/mol. The van der Waals surface area contributed by atoms with Gasteiger partial charge in [0.25, 0.3) is 0 Å². The average molecular weight is 280 g/mol. The number of Topliss-reactive ketones (excluding diaryl/α,β-unsaturated/α-hetero) is 1. The van der Waals surface area contributed by atoms with Gasteiger partial charge in [0, 0.05) is 25.4 Å². The fourth-order valence-electron chi connectivity index (χ4n) is 1.92. The number of rotatable bonds is 6. The highest BCUT2D eigenvalue weighted by molar-refractivity contribution is 5.98. The topological polar surface area (TPSA) is 44.1 Å². The van der Waals surface area contributed by atoms with E-state index >= 15 is 0 Å². The van der Waals surface area contributed by atoms with Crippen molar-refractivity contribution < 1.29 is 18.3 Å². The Morgan fingerprint density at radius 2 is 2.10 bits per heavy atom. The molecule has 0 unspecified atom stereocenters. The van der Waals surface area contributed by atoms with Crippen LogP contribution in [0.2, 0.25) is 0 Å². The van der Waals surface area contributed by atoms with E-state index in [2.05, 4.69) is 9.84 Å². The Hall–Kier alpha value is -2.24. The van der Waals surface area contributed by atoms with Gasteiger partial charge in [0.15, 0.2) is 5.78 Å². The average Bonchev–Trinajstić information content (AvgIpc) is 2.81. The van der Waals surface area contributed by atoms with Crippen molar-refractivity contribution in [3.63, 3.8) is 0 Å². The quantitative estimate of drug-likeness (QED) is 0.764. The van der Waals surface area contributed by atoms with Crippen LogP contribution in [0.1, 0.15) is 22.5 Å².